The summed E-state index contributed by atoms with van der Waals surface area (Å²) >= 11 is 0. The number of hydrogen-bond donors (Lipinski definition) is 4. The molecular formula is C38H69N3O5. The van der Waals surface area contributed by atoms with E-state index < -0.39 is 6.10 Å². The molecule has 3 unspecified atom stereocenters. The van der Waals surface area contributed by atoms with Crippen LogP contribution in [0.1, 0.15) is 119 Å². The van der Waals surface area contributed by atoms with E-state index in [0.717, 1.165) is 77.3 Å². The number of carbonyl (C=O) groups excluding carboxylic acids is 2. The normalized spacial score (nSPS) is 41.1. The molecule has 4 aliphatic carbocycles. The molecule has 4 rings (SSSR count). The average molecular weight is 648 g/mol. The van der Waals surface area contributed by atoms with E-state index in [2.05, 4.69) is 58.8 Å². The zero-order valence-electron chi connectivity index (χ0n) is 30.5. The first kappa shape index (κ1) is 37.6. The van der Waals surface area contributed by atoms with Crippen LogP contribution < -0.4 is 11.1 Å². The van der Waals surface area contributed by atoms with Gasteiger partial charge in [0.2, 0.25) is 5.91 Å². The Balaban J connectivity index is 1.63. The second-order valence-corrected chi connectivity index (χ2v) is 17.3. The summed E-state index contributed by atoms with van der Waals surface area (Å²) in [5, 5.41) is 26.4. The molecule has 12 atom stereocenters. The SMILES string of the molecule is CC(=O)O[C@H]1C[C@@]2(C)C(C[C@@H](O)C3[C@@]4(C)CC[C@@H](O)[C@@H](C)C4CC[C@@]32C)[C@@H]1[C@H](CCCC(C)C)C(=O)NCCCN(C)CCCN. The van der Waals surface area contributed by atoms with Gasteiger partial charge in [0.15, 0.2) is 0 Å². The van der Waals surface area contributed by atoms with E-state index in [1.54, 1.807) is 0 Å². The van der Waals surface area contributed by atoms with Crippen LogP contribution in [0.4, 0.5) is 0 Å². The van der Waals surface area contributed by atoms with E-state index >= 15 is 0 Å². The van der Waals surface area contributed by atoms with Gasteiger partial charge in [-0.2, -0.15) is 0 Å². The smallest absolute Gasteiger partial charge is 0.302 e. The number of rotatable bonds is 14. The molecule has 266 valence electrons. The van der Waals surface area contributed by atoms with Gasteiger partial charge in [0.05, 0.1) is 12.2 Å². The highest BCUT2D eigenvalue weighted by molar-refractivity contribution is 5.79. The molecule has 46 heavy (non-hydrogen) atoms. The minimum atomic E-state index is -0.486. The minimum Gasteiger partial charge on any atom is -0.462 e. The lowest BCUT2D eigenvalue weighted by Crippen LogP contribution is -2.66. The lowest BCUT2D eigenvalue weighted by atomic mass is 9.36. The van der Waals surface area contributed by atoms with Crippen molar-refractivity contribution in [1.29, 1.82) is 0 Å². The first-order valence-electron chi connectivity index (χ1n) is 18.8. The maximum atomic E-state index is 14.2. The number of nitrogens with two attached hydrogens (primary N) is 1. The third-order valence-corrected chi connectivity index (χ3v) is 14.1. The zero-order chi connectivity index (χ0) is 34.0. The fourth-order valence-electron chi connectivity index (χ4n) is 11.7. The molecule has 4 aliphatic rings. The molecule has 0 aromatic heterocycles. The number of hydrogen-bond acceptors (Lipinski definition) is 7. The first-order chi connectivity index (χ1) is 21.6. The molecule has 0 radical (unpaired) electrons. The second-order valence-electron chi connectivity index (χ2n) is 17.3. The summed E-state index contributed by atoms with van der Waals surface area (Å²) < 4.78 is 6.21. The molecule has 0 aromatic carbocycles. The molecule has 8 nitrogen and oxygen atoms in total. The Hall–Kier alpha value is -1.22. The highest BCUT2D eigenvalue weighted by Crippen LogP contribution is 2.74. The molecule has 0 heterocycles. The highest BCUT2D eigenvalue weighted by atomic mass is 16.5. The van der Waals surface area contributed by atoms with Gasteiger partial charge in [-0.25, -0.2) is 0 Å². The highest BCUT2D eigenvalue weighted by Gasteiger charge is 2.72. The number of nitrogens with one attached hydrogen (secondary N) is 1. The first-order valence-corrected chi connectivity index (χ1v) is 18.8. The molecule has 1 amide bonds. The van der Waals surface area contributed by atoms with Gasteiger partial charge in [-0.3, -0.25) is 9.59 Å². The number of aliphatic hydroxyl groups is 2. The van der Waals surface area contributed by atoms with E-state index in [-0.39, 0.29) is 69.9 Å². The Morgan fingerprint density at radius 2 is 1.67 bits per heavy atom. The summed E-state index contributed by atoms with van der Waals surface area (Å²) in [6, 6.07) is 0. The number of ether oxygens (including phenoxy) is 1. The second kappa shape index (κ2) is 15.1. The number of carbonyl (C=O) groups is 2. The van der Waals surface area contributed by atoms with Gasteiger partial charge in [0, 0.05) is 25.3 Å². The van der Waals surface area contributed by atoms with Crippen molar-refractivity contribution in [3.63, 3.8) is 0 Å². The van der Waals surface area contributed by atoms with Crippen LogP contribution in [-0.4, -0.2) is 78.5 Å². The Morgan fingerprint density at radius 1 is 0.978 bits per heavy atom. The lowest BCUT2D eigenvalue weighted by molar-refractivity contribution is -0.239. The molecule has 0 saturated heterocycles. The van der Waals surface area contributed by atoms with Crippen LogP contribution in [0, 0.1) is 57.7 Å². The van der Waals surface area contributed by atoms with Crippen molar-refractivity contribution in [2.75, 3.05) is 33.2 Å². The topological polar surface area (TPSA) is 125 Å². The summed E-state index contributed by atoms with van der Waals surface area (Å²) in [5.41, 5.74) is 5.28. The van der Waals surface area contributed by atoms with Crippen molar-refractivity contribution in [3.8, 4) is 0 Å². The third kappa shape index (κ3) is 7.21. The van der Waals surface area contributed by atoms with Crippen molar-refractivity contribution in [1.82, 2.24) is 10.2 Å². The maximum absolute atomic E-state index is 14.2. The summed E-state index contributed by atoms with van der Waals surface area (Å²) in [6.07, 6.45) is 8.62. The number of fused-ring (bicyclic) bond motifs is 5. The van der Waals surface area contributed by atoms with E-state index in [1.165, 1.54) is 6.92 Å². The quantitative estimate of drug-likeness (QED) is 0.147. The van der Waals surface area contributed by atoms with Crippen LogP contribution in [0.15, 0.2) is 0 Å². The van der Waals surface area contributed by atoms with Crippen LogP contribution in [0.5, 0.6) is 0 Å². The van der Waals surface area contributed by atoms with Gasteiger partial charge >= 0.3 is 5.97 Å². The average Bonchev–Trinajstić information content (AvgIpc) is 3.25. The Kier molecular flexibility index (Phi) is 12.4. The van der Waals surface area contributed by atoms with Crippen LogP contribution in [-0.2, 0) is 14.3 Å². The van der Waals surface area contributed by atoms with Crippen LogP contribution in [0.25, 0.3) is 0 Å². The summed E-state index contributed by atoms with van der Waals surface area (Å²) in [4.78, 5) is 29.1. The number of esters is 1. The standard InChI is InChI=1S/C38H69N3O5/c1-24(2)12-9-13-27(35(45)40-19-11-21-41(8)20-10-18-39)33-29-22-31(44)34-36(5)16-15-30(43)25(3)28(36)14-17-37(34,6)38(29,7)23-32(33)46-26(4)42/h24-25,27-34,43-44H,9-23,39H2,1-8H3,(H,40,45)/t25-,27-,28?,29?,30+,31+,32-,33-,34?,36-,37-,38-/m0/s1. The van der Waals surface area contributed by atoms with E-state index in [4.69, 9.17) is 10.5 Å². The van der Waals surface area contributed by atoms with Crippen molar-refractivity contribution in [2.24, 2.45) is 63.4 Å². The molecule has 8 heteroatoms. The van der Waals surface area contributed by atoms with Gasteiger partial charge in [0.25, 0.3) is 0 Å². The van der Waals surface area contributed by atoms with Crippen molar-refractivity contribution >= 4 is 11.9 Å². The third-order valence-electron chi connectivity index (χ3n) is 14.1. The Bertz CT molecular complexity index is 1040. The van der Waals surface area contributed by atoms with E-state index in [9.17, 15) is 19.8 Å². The van der Waals surface area contributed by atoms with Crippen LogP contribution in [0.3, 0.4) is 0 Å². The molecule has 5 N–H and O–H groups in total. The van der Waals surface area contributed by atoms with Crippen LogP contribution >= 0.6 is 0 Å². The molecule has 0 spiro atoms. The Morgan fingerprint density at radius 3 is 2.33 bits per heavy atom. The van der Waals surface area contributed by atoms with Gasteiger partial charge in [0.1, 0.15) is 6.10 Å². The van der Waals surface area contributed by atoms with Crippen molar-refractivity contribution in [3.05, 3.63) is 0 Å². The monoisotopic (exact) mass is 648 g/mol. The summed E-state index contributed by atoms with van der Waals surface area (Å²) in [6.45, 7) is 18.5. The number of amides is 1. The number of nitrogens with zero attached hydrogens (tertiary/aromatic N) is 1. The summed E-state index contributed by atoms with van der Waals surface area (Å²) in [5.74, 6) is 0.740. The minimum absolute atomic E-state index is 0.0561. The molecule has 0 aromatic rings. The van der Waals surface area contributed by atoms with E-state index in [0.29, 0.717) is 31.3 Å². The molecule has 4 saturated carbocycles. The van der Waals surface area contributed by atoms with Gasteiger partial charge in [-0.05, 0) is 130 Å². The maximum Gasteiger partial charge on any atom is 0.302 e. The largest absolute Gasteiger partial charge is 0.462 e. The Labute approximate surface area is 280 Å². The van der Waals surface area contributed by atoms with Gasteiger partial charge in [-0.15, -0.1) is 0 Å². The van der Waals surface area contributed by atoms with Gasteiger partial charge < -0.3 is 30.9 Å². The molecule has 0 aliphatic heterocycles. The lowest BCUT2D eigenvalue weighted by Gasteiger charge is -2.69. The zero-order valence-corrected chi connectivity index (χ0v) is 30.5. The van der Waals surface area contributed by atoms with Crippen molar-refractivity contribution < 1.29 is 24.5 Å². The van der Waals surface area contributed by atoms with E-state index in [1.807, 2.05) is 0 Å². The predicted molar refractivity (Wildman–Crippen MR) is 184 cm³/mol. The number of aliphatic hydroxyl groups excluding tert-OH is 2. The molecular weight excluding hydrogens is 578 g/mol. The molecule has 0 bridgehead atoms. The fourth-order valence-corrected chi connectivity index (χ4v) is 11.7. The van der Waals surface area contributed by atoms with Crippen molar-refractivity contribution in [2.45, 2.75) is 137 Å². The van der Waals surface area contributed by atoms with Gasteiger partial charge in [-0.1, -0.05) is 54.4 Å². The fraction of sp³-hybridized carbons (Fsp3) is 0.947. The molecule has 4 fully saturated rings. The van der Waals surface area contributed by atoms with Crippen LogP contribution in [0.2, 0.25) is 0 Å². The predicted octanol–water partition coefficient (Wildman–Crippen LogP) is 5.38. The summed E-state index contributed by atoms with van der Waals surface area (Å²) in [7, 11) is 2.10.